The zero-order valence-electron chi connectivity index (χ0n) is 16.6. The second-order valence-electron chi connectivity index (χ2n) is 7.06. The van der Waals surface area contributed by atoms with Crippen molar-refractivity contribution in [1.29, 1.82) is 0 Å². The Kier molecular flexibility index (Phi) is 7.25. The Labute approximate surface area is 174 Å². The van der Waals surface area contributed by atoms with Gasteiger partial charge in [-0.3, -0.25) is 15.0 Å². The van der Waals surface area contributed by atoms with Gasteiger partial charge in [-0.05, 0) is 30.4 Å². The minimum atomic E-state index is -0.985. The summed E-state index contributed by atoms with van der Waals surface area (Å²) in [7, 11) is 0. The molecule has 0 spiro atoms. The summed E-state index contributed by atoms with van der Waals surface area (Å²) in [5, 5.41) is 12.4. The first kappa shape index (κ1) is 21.2. The number of hydrazine groups is 1. The van der Waals surface area contributed by atoms with E-state index in [9.17, 15) is 19.5 Å². The number of benzene rings is 1. The molecule has 0 radical (unpaired) electrons. The number of imidazole rings is 1. The van der Waals surface area contributed by atoms with Gasteiger partial charge in [0.05, 0.1) is 12.5 Å². The molecule has 1 aromatic carbocycles. The molecule has 0 saturated heterocycles. The number of carbonyl (C=O) groups is 3. The number of anilines is 1. The van der Waals surface area contributed by atoms with E-state index in [0.717, 1.165) is 17.5 Å². The fourth-order valence-electron chi connectivity index (χ4n) is 3.52. The molecule has 1 aromatic heterocycles. The van der Waals surface area contributed by atoms with Gasteiger partial charge < -0.3 is 20.3 Å². The number of aliphatic carboxylic acids is 1. The molecule has 0 bridgehead atoms. The lowest BCUT2D eigenvalue weighted by Gasteiger charge is -2.36. The van der Waals surface area contributed by atoms with Crippen LogP contribution in [0, 0.1) is 0 Å². The Bertz CT molecular complexity index is 870. The molecule has 30 heavy (non-hydrogen) atoms. The summed E-state index contributed by atoms with van der Waals surface area (Å²) in [5.41, 5.74) is 6.70. The van der Waals surface area contributed by atoms with Crippen molar-refractivity contribution in [2.75, 3.05) is 18.4 Å². The van der Waals surface area contributed by atoms with Crippen LogP contribution in [-0.2, 0) is 16.0 Å². The predicted octanol–water partition coefficient (Wildman–Crippen LogP) is 1.81. The summed E-state index contributed by atoms with van der Waals surface area (Å²) in [4.78, 5) is 44.4. The molecule has 1 aliphatic rings. The molecule has 10 nitrogen and oxygen atoms in total. The van der Waals surface area contributed by atoms with Crippen molar-refractivity contribution < 1.29 is 19.5 Å². The number of rotatable bonds is 8. The van der Waals surface area contributed by atoms with Crippen molar-refractivity contribution in [2.45, 2.75) is 38.1 Å². The maximum absolute atomic E-state index is 12.6. The summed E-state index contributed by atoms with van der Waals surface area (Å²) in [6.07, 6.45) is 5.50. The van der Waals surface area contributed by atoms with E-state index in [0.29, 0.717) is 31.9 Å². The van der Waals surface area contributed by atoms with Gasteiger partial charge in [-0.2, -0.15) is 0 Å². The first-order chi connectivity index (χ1) is 14.5. The summed E-state index contributed by atoms with van der Waals surface area (Å²) in [5.74, 6) is -0.596. The molecule has 160 valence electrons. The van der Waals surface area contributed by atoms with Crippen LogP contribution in [0.5, 0.6) is 0 Å². The molecule has 1 aliphatic heterocycles. The molecular weight excluding hydrogens is 388 g/mol. The fraction of sp³-hybridized carbons (Fsp3) is 0.400. The molecule has 2 heterocycles. The molecule has 3 amide bonds. The number of unbranched alkanes of at least 4 members (excludes halogenated alkanes) is 1. The quantitative estimate of drug-likeness (QED) is 0.330. The van der Waals surface area contributed by atoms with Crippen molar-refractivity contribution in [2.24, 2.45) is 0 Å². The number of amides is 3. The van der Waals surface area contributed by atoms with Crippen LogP contribution in [0.4, 0.5) is 10.7 Å². The van der Waals surface area contributed by atoms with Crippen molar-refractivity contribution in [1.82, 2.24) is 25.7 Å². The van der Waals surface area contributed by atoms with Crippen LogP contribution in [0.25, 0.3) is 0 Å². The second kappa shape index (κ2) is 10.3. The van der Waals surface area contributed by atoms with Gasteiger partial charge in [0.25, 0.3) is 0 Å². The Morgan fingerprint density at radius 3 is 2.80 bits per heavy atom. The first-order valence-corrected chi connectivity index (χ1v) is 9.93. The van der Waals surface area contributed by atoms with E-state index in [1.165, 1.54) is 4.90 Å². The van der Waals surface area contributed by atoms with Crippen LogP contribution >= 0.6 is 0 Å². The van der Waals surface area contributed by atoms with Crippen molar-refractivity contribution in [3.8, 4) is 0 Å². The van der Waals surface area contributed by atoms with E-state index in [1.54, 1.807) is 12.4 Å². The molecule has 1 unspecified atom stereocenters. The number of fused-ring (bicyclic) bond motifs is 1. The highest BCUT2D eigenvalue weighted by Gasteiger charge is 2.32. The van der Waals surface area contributed by atoms with E-state index in [-0.39, 0.29) is 18.7 Å². The maximum Gasteiger partial charge on any atom is 0.336 e. The van der Waals surface area contributed by atoms with E-state index in [4.69, 9.17) is 0 Å². The van der Waals surface area contributed by atoms with E-state index in [2.05, 4.69) is 26.1 Å². The molecule has 0 aliphatic carbocycles. The van der Waals surface area contributed by atoms with Crippen LogP contribution in [-0.4, -0.2) is 51.0 Å². The average Bonchev–Trinajstić information content (AvgIpc) is 3.25. The Balaban J connectivity index is 1.44. The summed E-state index contributed by atoms with van der Waals surface area (Å²) < 4.78 is 0. The number of aromatic amines is 1. The third-order valence-electron chi connectivity index (χ3n) is 4.97. The molecule has 3 rings (SSSR count). The normalized spacial score (nSPS) is 15.2. The molecule has 0 fully saturated rings. The fourth-order valence-corrected chi connectivity index (χ4v) is 3.52. The highest BCUT2D eigenvalue weighted by Crippen LogP contribution is 2.32. The lowest BCUT2D eigenvalue weighted by atomic mass is 9.91. The van der Waals surface area contributed by atoms with Gasteiger partial charge in [-0.15, -0.1) is 0 Å². The summed E-state index contributed by atoms with van der Waals surface area (Å²) in [6.45, 7) is 1.06. The topological polar surface area (TPSA) is 139 Å². The van der Waals surface area contributed by atoms with Gasteiger partial charge in [0.2, 0.25) is 5.91 Å². The Morgan fingerprint density at radius 1 is 1.20 bits per heavy atom. The predicted molar refractivity (Wildman–Crippen MR) is 109 cm³/mol. The summed E-state index contributed by atoms with van der Waals surface area (Å²) >= 11 is 0. The molecule has 2 aromatic rings. The van der Waals surface area contributed by atoms with Crippen LogP contribution in [0.15, 0.2) is 36.7 Å². The van der Waals surface area contributed by atoms with E-state index in [1.807, 2.05) is 24.3 Å². The number of carbonyl (C=O) groups excluding carboxylic acids is 2. The first-order valence-electron chi connectivity index (χ1n) is 9.93. The van der Waals surface area contributed by atoms with E-state index >= 15 is 0 Å². The molecule has 10 heteroatoms. The van der Waals surface area contributed by atoms with Crippen LogP contribution in [0.2, 0.25) is 0 Å². The Hall–Kier alpha value is -3.56. The number of H-pyrrole nitrogens is 1. The van der Waals surface area contributed by atoms with Gasteiger partial charge in [0.1, 0.15) is 0 Å². The van der Waals surface area contributed by atoms with Crippen molar-refractivity contribution >= 4 is 23.9 Å². The van der Waals surface area contributed by atoms with Gasteiger partial charge >= 0.3 is 12.0 Å². The minimum absolute atomic E-state index is 0.193. The number of nitrogens with zero attached hydrogens (tertiary/aromatic N) is 2. The third kappa shape index (κ3) is 5.72. The highest BCUT2D eigenvalue weighted by molar-refractivity contribution is 5.82. The number of carboxylic acid groups (broad SMARTS) is 1. The monoisotopic (exact) mass is 414 g/mol. The Morgan fingerprint density at radius 2 is 2.03 bits per heavy atom. The van der Waals surface area contributed by atoms with Crippen LogP contribution in [0.1, 0.15) is 42.9 Å². The largest absolute Gasteiger partial charge is 0.481 e. The maximum atomic E-state index is 12.6. The standard InChI is InChI=1S/C20H26N6O4/c27-17(7-3-4-9-21-19-22-10-11-23-19)24-25-20(30)26-12-8-14-5-1-2-6-15(14)16(26)13-18(28)29/h1-2,5-6,10-11,16H,3-4,7-9,12-13H2,(H,24,27)(H,25,30)(H,28,29)(H2,21,22,23). The molecular formula is C20H26N6O4. The van der Waals surface area contributed by atoms with Crippen molar-refractivity contribution in [3.05, 3.63) is 47.8 Å². The molecule has 1 atom stereocenters. The molecule has 5 N–H and O–H groups in total. The molecule has 0 saturated carbocycles. The third-order valence-corrected chi connectivity index (χ3v) is 4.97. The zero-order chi connectivity index (χ0) is 21.3. The number of nitrogens with one attached hydrogen (secondary N) is 4. The average molecular weight is 414 g/mol. The summed E-state index contributed by atoms with van der Waals surface area (Å²) in [6, 6.07) is 6.44. The number of hydrogen-bond donors (Lipinski definition) is 5. The van der Waals surface area contributed by atoms with Crippen LogP contribution in [0.3, 0.4) is 0 Å². The highest BCUT2D eigenvalue weighted by atomic mass is 16.4. The van der Waals surface area contributed by atoms with E-state index < -0.39 is 18.0 Å². The second-order valence-corrected chi connectivity index (χ2v) is 7.06. The van der Waals surface area contributed by atoms with Crippen LogP contribution < -0.4 is 16.2 Å². The number of carboxylic acids is 1. The number of urea groups is 1. The SMILES string of the molecule is O=C(O)CC1c2ccccc2CCN1C(=O)NNC(=O)CCCCNc1ncc[nH]1. The number of hydrogen-bond acceptors (Lipinski definition) is 5. The number of aromatic nitrogens is 2. The lowest BCUT2D eigenvalue weighted by molar-refractivity contribution is -0.138. The minimum Gasteiger partial charge on any atom is -0.481 e. The van der Waals surface area contributed by atoms with Gasteiger partial charge in [0, 0.05) is 31.9 Å². The van der Waals surface area contributed by atoms with Crippen molar-refractivity contribution in [3.63, 3.8) is 0 Å². The smallest absolute Gasteiger partial charge is 0.336 e. The zero-order valence-corrected chi connectivity index (χ0v) is 16.6. The van der Waals surface area contributed by atoms with Gasteiger partial charge in [-0.1, -0.05) is 24.3 Å². The van der Waals surface area contributed by atoms with Gasteiger partial charge in [0.15, 0.2) is 5.95 Å². The lowest BCUT2D eigenvalue weighted by Crippen LogP contribution is -2.52. The van der Waals surface area contributed by atoms with Gasteiger partial charge in [-0.25, -0.2) is 15.2 Å².